The minimum absolute atomic E-state index is 0.112. The van der Waals surface area contributed by atoms with E-state index in [9.17, 15) is 4.79 Å². The zero-order chi connectivity index (χ0) is 18.9. The van der Waals surface area contributed by atoms with Crippen molar-refractivity contribution in [3.63, 3.8) is 0 Å². The molecular formula is C22H22N4O2. The highest BCUT2D eigenvalue weighted by Gasteiger charge is 2.44. The van der Waals surface area contributed by atoms with E-state index in [4.69, 9.17) is 4.74 Å². The summed E-state index contributed by atoms with van der Waals surface area (Å²) in [5, 5.41) is 4.26. The molecule has 2 atom stereocenters. The van der Waals surface area contributed by atoms with Gasteiger partial charge in [0.25, 0.3) is 5.91 Å². The van der Waals surface area contributed by atoms with Crippen LogP contribution < -0.4 is 4.74 Å². The number of fused-ring (bicyclic) bond motifs is 2. The average molecular weight is 374 g/mol. The van der Waals surface area contributed by atoms with Crippen molar-refractivity contribution in [3.8, 4) is 11.4 Å². The molecule has 0 aliphatic carbocycles. The summed E-state index contributed by atoms with van der Waals surface area (Å²) in [7, 11) is 0. The summed E-state index contributed by atoms with van der Waals surface area (Å²) in [5.41, 5.74) is 1.62. The van der Waals surface area contributed by atoms with Crippen molar-refractivity contribution in [2.24, 2.45) is 0 Å². The second-order valence-corrected chi connectivity index (χ2v) is 7.50. The van der Waals surface area contributed by atoms with E-state index in [1.807, 2.05) is 48.7 Å². The highest BCUT2D eigenvalue weighted by Crippen LogP contribution is 2.38. The molecule has 5 rings (SSSR count). The molecule has 0 N–H and O–H groups in total. The molecule has 6 nitrogen and oxygen atoms in total. The van der Waals surface area contributed by atoms with Crippen LogP contribution in [0.15, 0.2) is 67.3 Å². The van der Waals surface area contributed by atoms with Crippen LogP contribution in [0.25, 0.3) is 5.69 Å². The molecule has 6 heteroatoms. The quantitative estimate of drug-likeness (QED) is 0.701. The van der Waals surface area contributed by atoms with Crippen LogP contribution >= 0.6 is 0 Å². The van der Waals surface area contributed by atoms with Crippen LogP contribution in [0.4, 0.5) is 0 Å². The van der Waals surface area contributed by atoms with E-state index < -0.39 is 0 Å². The van der Waals surface area contributed by atoms with Crippen molar-refractivity contribution < 1.29 is 9.53 Å². The second-order valence-electron chi connectivity index (χ2n) is 7.50. The van der Waals surface area contributed by atoms with E-state index in [1.165, 1.54) is 0 Å². The number of nitrogens with zero attached hydrogens (tertiary/aromatic N) is 4. The SMILES string of the molecule is O=C(c1cccc(-n2cccn2)c1)N1[C@H]2CC[C@H]1CC(Oc1cccnc1)C2. The molecule has 4 heterocycles. The van der Waals surface area contributed by atoms with Gasteiger partial charge in [-0.25, -0.2) is 4.68 Å². The molecule has 1 aromatic carbocycles. The maximum absolute atomic E-state index is 13.3. The van der Waals surface area contributed by atoms with Crippen molar-refractivity contribution >= 4 is 5.91 Å². The van der Waals surface area contributed by atoms with Gasteiger partial charge >= 0.3 is 0 Å². The van der Waals surface area contributed by atoms with Crippen LogP contribution in [0.2, 0.25) is 0 Å². The molecule has 2 aliphatic heterocycles. The Morgan fingerprint density at radius 2 is 1.89 bits per heavy atom. The number of piperidine rings is 1. The number of aromatic nitrogens is 3. The summed E-state index contributed by atoms with van der Waals surface area (Å²) in [6.45, 7) is 0. The number of benzene rings is 1. The van der Waals surface area contributed by atoms with Gasteiger partial charge in [-0.2, -0.15) is 5.10 Å². The summed E-state index contributed by atoms with van der Waals surface area (Å²) in [6, 6.07) is 13.9. The zero-order valence-corrected chi connectivity index (χ0v) is 15.5. The lowest BCUT2D eigenvalue weighted by Crippen LogP contribution is -2.49. The number of rotatable bonds is 4. The first-order valence-corrected chi connectivity index (χ1v) is 9.77. The number of hydrogen-bond donors (Lipinski definition) is 0. The maximum atomic E-state index is 13.3. The lowest BCUT2D eigenvalue weighted by Gasteiger charge is -2.39. The van der Waals surface area contributed by atoms with Crippen molar-refractivity contribution in [1.82, 2.24) is 19.7 Å². The third-order valence-electron chi connectivity index (χ3n) is 5.72. The summed E-state index contributed by atoms with van der Waals surface area (Å²) in [5.74, 6) is 0.917. The lowest BCUT2D eigenvalue weighted by molar-refractivity contribution is 0.0358. The Morgan fingerprint density at radius 1 is 1.04 bits per heavy atom. The van der Waals surface area contributed by atoms with Crippen LogP contribution in [0.5, 0.6) is 5.75 Å². The van der Waals surface area contributed by atoms with Gasteiger partial charge in [0.2, 0.25) is 0 Å². The van der Waals surface area contributed by atoms with Gasteiger partial charge in [-0.05, 0) is 49.2 Å². The molecular weight excluding hydrogens is 352 g/mol. The first-order valence-electron chi connectivity index (χ1n) is 9.77. The summed E-state index contributed by atoms with van der Waals surface area (Å²) in [6.07, 6.45) is 11.1. The fraction of sp³-hybridized carbons (Fsp3) is 0.318. The van der Waals surface area contributed by atoms with Gasteiger partial charge in [0, 0.05) is 49.1 Å². The van der Waals surface area contributed by atoms with E-state index in [0.717, 1.165) is 42.7 Å². The molecule has 2 saturated heterocycles. The van der Waals surface area contributed by atoms with E-state index in [0.29, 0.717) is 0 Å². The van der Waals surface area contributed by atoms with Crippen LogP contribution in [-0.2, 0) is 0 Å². The number of ether oxygens (including phenoxy) is 1. The number of carbonyl (C=O) groups excluding carboxylic acids is 1. The molecule has 2 aliphatic rings. The molecule has 0 saturated carbocycles. The van der Waals surface area contributed by atoms with Gasteiger partial charge in [0.1, 0.15) is 11.9 Å². The predicted octanol–water partition coefficient (Wildman–Crippen LogP) is 3.48. The summed E-state index contributed by atoms with van der Waals surface area (Å²) < 4.78 is 7.90. The highest BCUT2D eigenvalue weighted by atomic mass is 16.5. The van der Waals surface area contributed by atoms with Crippen molar-refractivity contribution in [1.29, 1.82) is 0 Å². The normalized spacial score (nSPS) is 23.6. The number of pyridine rings is 1. The number of hydrogen-bond acceptors (Lipinski definition) is 4. The molecule has 0 unspecified atom stereocenters. The van der Waals surface area contributed by atoms with Gasteiger partial charge < -0.3 is 9.64 Å². The van der Waals surface area contributed by atoms with Crippen molar-refractivity contribution in [2.45, 2.75) is 43.9 Å². The number of carbonyl (C=O) groups is 1. The zero-order valence-electron chi connectivity index (χ0n) is 15.5. The topological polar surface area (TPSA) is 60.2 Å². The Morgan fingerprint density at radius 3 is 2.61 bits per heavy atom. The van der Waals surface area contributed by atoms with Crippen LogP contribution in [0.3, 0.4) is 0 Å². The first kappa shape index (κ1) is 17.0. The van der Waals surface area contributed by atoms with Gasteiger partial charge in [-0.3, -0.25) is 9.78 Å². The minimum atomic E-state index is 0.112. The van der Waals surface area contributed by atoms with Gasteiger partial charge in [-0.15, -0.1) is 0 Å². The highest BCUT2D eigenvalue weighted by molar-refractivity contribution is 5.95. The summed E-state index contributed by atoms with van der Waals surface area (Å²) >= 11 is 0. The Hall–Kier alpha value is -3.15. The van der Waals surface area contributed by atoms with E-state index in [1.54, 1.807) is 23.3 Å². The Balaban J connectivity index is 1.32. The molecule has 2 aromatic heterocycles. The Bertz CT molecular complexity index is 944. The molecule has 142 valence electrons. The third-order valence-corrected chi connectivity index (χ3v) is 5.72. The Labute approximate surface area is 163 Å². The van der Waals surface area contributed by atoms with Crippen LogP contribution in [-0.4, -0.2) is 43.8 Å². The second kappa shape index (κ2) is 7.11. The fourth-order valence-corrected chi connectivity index (χ4v) is 4.52. The van der Waals surface area contributed by atoms with Gasteiger partial charge in [-0.1, -0.05) is 6.07 Å². The molecule has 0 radical (unpaired) electrons. The third kappa shape index (κ3) is 3.15. The smallest absolute Gasteiger partial charge is 0.254 e. The minimum Gasteiger partial charge on any atom is -0.489 e. The Kier molecular flexibility index (Phi) is 4.31. The van der Waals surface area contributed by atoms with E-state index in [2.05, 4.69) is 15.0 Å². The molecule has 0 spiro atoms. The lowest BCUT2D eigenvalue weighted by atomic mass is 9.98. The van der Waals surface area contributed by atoms with Crippen molar-refractivity contribution in [2.75, 3.05) is 0 Å². The molecule has 2 bridgehead atoms. The molecule has 1 amide bonds. The average Bonchev–Trinajstić information content (AvgIpc) is 3.35. The van der Waals surface area contributed by atoms with Gasteiger partial charge in [0.05, 0.1) is 11.9 Å². The number of amides is 1. The predicted molar refractivity (Wildman–Crippen MR) is 104 cm³/mol. The first-order chi connectivity index (χ1) is 13.8. The maximum Gasteiger partial charge on any atom is 0.254 e. The fourth-order valence-electron chi connectivity index (χ4n) is 4.52. The largest absolute Gasteiger partial charge is 0.489 e. The standard InChI is InChI=1S/C22H22N4O2/c27-22(16-4-1-5-17(12-16)25-11-3-10-24-25)26-18-7-8-19(26)14-21(13-18)28-20-6-2-9-23-15-20/h1-6,9-12,15,18-19,21H,7-8,13-14H2/t18-,19-/m0/s1. The monoisotopic (exact) mass is 374 g/mol. The van der Waals surface area contributed by atoms with Crippen LogP contribution in [0, 0.1) is 0 Å². The van der Waals surface area contributed by atoms with Crippen molar-refractivity contribution in [3.05, 3.63) is 72.8 Å². The molecule has 3 aromatic rings. The summed E-state index contributed by atoms with van der Waals surface area (Å²) in [4.78, 5) is 19.5. The molecule has 2 fully saturated rings. The van der Waals surface area contributed by atoms with E-state index >= 15 is 0 Å². The molecule has 28 heavy (non-hydrogen) atoms. The van der Waals surface area contributed by atoms with Crippen LogP contribution in [0.1, 0.15) is 36.0 Å². The van der Waals surface area contributed by atoms with E-state index in [-0.39, 0.29) is 24.1 Å². The van der Waals surface area contributed by atoms with Gasteiger partial charge in [0.15, 0.2) is 0 Å².